The Morgan fingerprint density at radius 2 is 2.00 bits per heavy atom. The number of rotatable bonds is 4. The molecule has 1 aromatic carbocycles. The number of hydrogen-bond acceptors (Lipinski definition) is 3. The van der Waals surface area contributed by atoms with Crippen molar-refractivity contribution in [2.45, 2.75) is 19.3 Å². The molecule has 0 aliphatic rings. The number of nitrogens with one attached hydrogen (secondary N) is 1. The summed E-state index contributed by atoms with van der Waals surface area (Å²) in [6.45, 7) is 0. The first-order valence-corrected chi connectivity index (χ1v) is 6.84. The van der Waals surface area contributed by atoms with Gasteiger partial charge in [-0.05, 0) is 24.5 Å². The van der Waals surface area contributed by atoms with Crippen LogP contribution in [0.4, 0.5) is 0 Å². The number of thiol groups is 2. The van der Waals surface area contributed by atoms with Crippen LogP contribution in [-0.2, 0) is 11.2 Å². The highest BCUT2D eigenvalue weighted by Crippen LogP contribution is 2.19. The number of hydrogen-bond donors (Lipinski definition) is 4. The first-order valence-electron chi connectivity index (χ1n) is 5.24. The van der Waals surface area contributed by atoms with E-state index in [1.54, 1.807) is 0 Å². The highest BCUT2D eigenvalue weighted by molar-refractivity contribution is 8.59. The minimum atomic E-state index is -0.727. The zero-order valence-electron chi connectivity index (χ0n) is 9.26. The van der Waals surface area contributed by atoms with Crippen LogP contribution < -0.4 is 0 Å². The largest absolute Gasteiger partial charge is 0.481 e. The van der Waals surface area contributed by atoms with Gasteiger partial charge in [-0.3, -0.25) is 4.79 Å². The summed E-state index contributed by atoms with van der Waals surface area (Å²) >= 11 is 6.44. The molecule has 1 heterocycles. The van der Waals surface area contributed by atoms with Crippen LogP contribution in [-0.4, -0.2) is 16.1 Å². The van der Waals surface area contributed by atoms with Gasteiger partial charge in [-0.2, -0.15) is 0 Å². The number of carbonyl (C=O) groups is 1. The molecule has 0 fully saturated rings. The van der Waals surface area contributed by atoms with Gasteiger partial charge < -0.3 is 10.1 Å². The van der Waals surface area contributed by atoms with Crippen LogP contribution in [0.25, 0.3) is 10.9 Å². The van der Waals surface area contributed by atoms with Gasteiger partial charge in [0.05, 0.1) is 0 Å². The number of carboxylic acids is 1. The van der Waals surface area contributed by atoms with E-state index < -0.39 is 5.97 Å². The molecule has 0 saturated carbocycles. The molecule has 0 aliphatic carbocycles. The van der Waals surface area contributed by atoms with Crippen molar-refractivity contribution in [2.24, 2.45) is 0 Å². The van der Waals surface area contributed by atoms with E-state index in [2.05, 4.69) is 34.4 Å². The van der Waals surface area contributed by atoms with Gasteiger partial charge in [0, 0.05) is 23.5 Å². The smallest absolute Gasteiger partial charge is 0.303 e. The second kappa shape index (κ2) is 7.29. The number of aryl methyl sites for hydroxylation is 1. The van der Waals surface area contributed by atoms with Crippen LogP contribution in [0.3, 0.4) is 0 Å². The van der Waals surface area contributed by atoms with Crippen molar-refractivity contribution in [3.05, 3.63) is 36.0 Å². The number of para-hydroxylation sites is 1. The molecule has 2 N–H and O–H groups in total. The molecule has 2 rings (SSSR count). The summed E-state index contributed by atoms with van der Waals surface area (Å²) < 4.78 is 0. The fraction of sp³-hybridized carbons (Fsp3) is 0.250. The Hall–Kier alpha value is -1.07. The van der Waals surface area contributed by atoms with Crippen molar-refractivity contribution in [1.29, 1.82) is 0 Å². The van der Waals surface area contributed by atoms with Crippen LogP contribution in [0.15, 0.2) is 30.5 Å². The maximum Gasteiger partial charge on any atom is 0.303 e. The Morgan fingerprint density at radius 3 is 2.71 bits per heavy atom. The van der Waals surface area contributed by atoms with Gasteiger partial charge >= 0.3 is 5.97 Å². The summed E-state index contributed by atoms with van der Waals surface area (Å²) in [5.41, 5.74) is 2.31. The predicted molar refractivity (Wildman–Crippen MR) is 76.8 cm³/mol. The second-order valence-electron chi connectivity index (χ2n) is 3.61. The summed E-state index contributed by atoms with van der Waals surface area (Å²) in [6, 6.07) is 8.06. The minimum Gasteiger partial charge on any atom is -0.481 e. The SMILES string of the molecule is O=C(O)CCCc1c[nH]c2ccccc12.SS. The highest BCUT2D eigenvalue weighted by atomic mass is 33.1. The van der Waals surface area contributed by atoms with Gasteiger partial charge in [-0.25, -0.2) is 0 Å². The molecule has 3 nitrogen and oxygen atoms in total. The van der Waals surface area contributed by atoms with Gasteiger partial charge in [0.2, 0.25) is 0 Å². The molecular weight excluding hydrogens is 254 g/mol. The van der Waals surface area contributed by atoms with Crippen LogP contribution in [0.5, 0.6) is 0 Å². The Bertz CT molecular complexity index is 482. The van der Waals surface area contributed by atoms with Crippen molar-refractivity contribution in [3.63, 3.8) is 0 Å². The maximum absolute atomic E-state index is 10.4. The van der Waals surface area contributed by atoms with Crippen molar-refractivity contribution in [3.8, 4) is 0 Å². The monoisotopic (exact) mass is 269 g/mol. The molecule has 1 aromatic heterocycles. The number of aromatic nitrogens is 1. The van der Waals surface area contributed by atoms with Gasteiger partial charge in [-0.15, -0.1) is 23.3 Å². The maximum atomic E-state index is 10.4. The topological polar surface area (TPSA) is 53.1 Å². The molecule has 0 bridgehead atoms. The molecule has 92 valence electrons. The third-order valence-electron chi connectivity index (χ3n) is 2.51. The molecule has 0 spiro atoms. The molecular formula is C12H15NO2S2. The molecule has 17 heavy (non-hydrogen) atoms. The summed E-state index contributed by atoms with van der Waals surface area (Å²) in [5.74, 6) is -0.727. The Kier molecular flexibility index (Phi) is 6.00. The van der Waals surface area contributed by atoms with Crippen LogP contribution in [0.2, 0.25) is 0 Å². The van der Waals surface area contributed by atoms with E-state index in [-0.39, 0.29) is 6.42 Å². The highest BCUT2D eigenvalue weighted by Gasteiger charge is 2.03. The fourth-order valence-corrected chi connectivity index (χ4v) is 1.77. The number of aromatic amines is 1. The van der Waals surface area contributed by atoms with Crippen molar-refractivity contribution < 1.29 is 9.90 Å². The number of benzene rings is 1. The third kappa shape index (κ3) is 4.02. The molecule has 0 amide bonds. The third-order valence-corrected chi connectivity index (χ3v) is 2.51. The summed E-state index contributed by atoms with van der Waals surface area (Å²) in [6.07, 6.45) is 3.71. The van der Waals surface area contributed by atoms with E-state index >= 15 is 0 Å². The van der Waals surface area contributed by atoms with E-state index in [1.807, 2.05) is 24.4 Å². The Labute approximate surface area is 110 Å². The number of aliphatic carboxylic acids is 1. The van der Waals surface area contributed by atoms with E-state index in [1.165, 1.54) is 10.9 Å². The lowest BCUT2D eigenvalue weighted by molar-refractivity contribution is -0.137. The molecule has 0 aliphatic heterocycles. The van der Waals surface area contributed by atoms with Gasteiger partial charge in [0.15, 0.2) is 0 Å². The van der Waals surface area contributed by atoms with E-state index in [9.17, 15) is 4.79 Å². The predicted octanol–water partition coefficient (Wildman–Crippen LogP) is 3.34. The number of fused-ring (bicyclic) bond motifs is 1. The average Bonchev–Trinajstić information content (AvgIpc) is 2.75. The Balaban J connectivity index is 0.000000686. The molecule has 0 unspecified atom stereocenters. The molecule has 5 heteroatoms. The standard InChI is InChI=1S/C12H13NO2.H2S2/c14-12(15)7-3-4-9-8-13-11-6-2-1-5-10(9)11;1-2/h1-2,5-6,8,13H,3-4,7H2,(H,14,15);1-2H. The summed E-state index contributed by atoms with van der Waals surface area (Å²) in [5, 5.41) is 9.74. The van der Waals surface area contributed by atoms with Crippen molar-refractivity contribution in [1.82, 2.24) is 4.98 Å². The molecule has 2 aromatic rings. The lowest BCUT2D eigenvalue weighted by atomic mass is 10.1. The zero-order chi connectivity index (χ0) is 12.7. The van der Waals surface area contributed by atoms with Crippen LogP contribution in [0, 0.1) is 0 Å². The number of carboxylic acid groups (broad SMARTS) is 1. The average molecular weight is 269 g/mol. The lowest BCUT2D eigenvalue weighted by Crippen LogP contribution is -1.95. The van der Waals surface area contributed by atoms with Gasteiger partial charge in [-0.1, -0.05) is 18.2 Å². The van der Waals surface area contributed by atoms with Crippen molar-refractivity contribution >= 4 is 40.2 Å². The first-order chi connectivity index (χ1) is 8.27. The minimum absolute atomic E-state index is 0.236. The van der Waals surface area contributed by atoms with Crippen molar-refractivity contribution in [2.75, 3.05) is 0 Å². The van der Waals surface area contributed by atoms with Gasteiger partial charge in [0.25, 0.3) is 0 Å². The van der Waals surface area contributed by atoms with Crippen LogP contribution >= 0.6 is 23.3 Å². The van der Waals surface area contributed by atoms with E-state index in [0.29, 0.717) is 6.42 Å². The molecule has 0 saturated heterocycles. The molecule has 0 atom stereocenters. The lowest BCUT2D eigenvalue weighted by Gasteiger charge is -1.96. The quantitative estimate of drug-likeness (QED) is 0.508. The second-order valence-corrected chi connectivity index (χ2v) is 3.61. The number of H-pyrrole nitrogens is 1. The zero-order valence-corrected chi connectivity index (χ0v) is 11.0. The Morgan fingerprint density at radius 1 is 1.29 bits per heavy atom. The normalized spacial score (nSPS) is 9.76. The molecule has 0 radical (unpaired) electrons. The van der Waals surface area contributed by atoms with E-state index in [0.717, 1.165) is 11.9 Å². The first kappa shape index (κ1) is 14.0. The van der Waals surface area contributed by atoms with E-state index in [4.69, 9.17) is 5.11 Å². The van der Waals surface area contributed by atoms with Crippen LogP contribution in [0.1, 0.15) is 18.4 Å². The van der Waals surface area contributed by atoms with Gasteiger partial charge in [0.1, 0.15) is 0 Å². The fourth-order valence-electron chi connectivity index (χ4n) is 1.77. The summed E-state index contributed by atoms with van der Waals surface area (Å²) in [7, 11) is 0. The summed E-state index contributed by atoms with van der Waals surface area (Å²) in [4.78, 5) is 13.6.